The van der Waals surface area contributed by atoms with Crippen LogP contribution < -0.4 is 0 Å². The third kappa shape index (κ3) is 2.51. The molecule has 1 aromatic rings. The summed E-state index contributed by atoms with van der Waals surface area (Å²) < 4.78 is 0. The van der Waals surface area contributed by atoms with Gasteiger partial charge < -0.3 is 0 Å². The van der Waals surface area contributed by atoms with Gasteiger partial charge in [0.15, 0.2) is 0 Å². The van der Waals surface area contributed by atoms with Crippen LogP contribution in [0, 0.1) is 12.3 Å². The molecule has 1 rings (SSSR count). The Morgan fingerprint density at radius 2 is 1.79 bits per heavy atom. The highest BCUT2D eigenvalue weighted by Crippen LogP contribution is 2.37. The molecule has 0 bridgehead atoms. The molecule has 0 saturated heterocycles. The Kier molecular flexibility index (Phi) is 3.26. The number of hydrogen-bond donors (Lipinski definition) is 0. The summed E-state index contributed by atoms with van der Waals surface area (Å²) in [6.45, 7) is 11.0. The molecule has 1 aromatic carbocycles. The smallest absolute Gasteiger partial charge is 0.0443 e. The minimum atomic E-state index is 0.263. The highest BCUT2D eigenvalue weighted by atomic mass is 35.5. The largest absolute Gasteiger partial charge is 0.0840 e. The van der Waals surface area contributed by atoms with E-state index in [1.165, 1.54) is 11.1 Å². The average molecular weight is 211 g/mol. The first-order valence-corrected chi connectivity index (χ1v) is 5.46. The van der Waals surface area contributed by atoms with Crippen molar-refractivity contribution in [2.24, 2.45) is 5.41 Å². The zero-order chi connectivity index (χ0) is 10.9. The van der Waals surface area contributed by atoms with E-state index in [1.807, 2.05) is 6.07 Å². The molecule has 0 fully saturated rings. The third-order valence-corrected chi connectivity index (χ3v) is 3.25. The van der Waals surface area contributed by atoms with E-state index < -0.39 is 0 Å². The van der Waals surface area contributed by atoms with Gasteiger partial charge in [0.1, 0.15) is 0 Å². The second-order valence-corrected chi connectivity index (χ2v) is 5.52. The van der Waals surface area contributed by atoms with Gasteiger partial charge in [-0.2, -0.15) is 0 Å². The summed E-state index contributed by atoms with van der Waals surface area (Å²) in [6, 6.07) is 6.32. The molecule has 1 heteroatoms. The van der Waals surface area contributed by atoms with Crippen LogP contribution in [0.3, 0.4) is 0 Å². The molecule has 0 aliphatic heterocycles. The summed E-state index contributed by atoms with van der Waals surface area (Å²) in [5.41, 5.74) is 2.74. The normalized spacial score (nSPS) is 14.1. The second kappa shape index (κ2) is 3.94. The number of benzene rings is 1. The fraction of sp³-hybridized carbons (Fsp3) is 0.538. The number of hydrogen-bond acceptors (Lipinski definition) is 0. The van der Waals surface area contributed by atoms with Crippen LogP contribution in [0.15, 0.2) is 18.2 Å². The maximum atomic E-state index is 6.23. The summed E-state index contributed by atoms with van der Waals surface area (Å²) in [5.74, 6) is 0.482. The van der Waals surface area contributed by atoms with Crippen molar-refractivity contribution in [2.75, 3.05) is 0 Å². The summed E-state index contributed by atoms with van der Waals surface area (Å²) in [6.07, 6.45) is 0. The SMILES string of the molecule is Cc1ccc(C(C)C(C)(C)C)c(Cl)c1. The molecule has 14 heavy (non-hydrogen) atoms. The Labute approximate surface area is 92.3 Å². The van der Waals surface area contributed by atoms with Crippen LogP contribution in [-0.4, -0.2) is 0 Å². The summed E-state index contributed by atoms with van der Waals surface area (Å²) in [5, 5.41) is 0.896. The van der Waals surface area contributed by atoms with Crippen LogP contribution in [0.4, 0.5) is 0 Å². The third-order valence-electron chi connectivity index (χ3n) is 2.92. The van der Waals surface area contributed by atoms with Gasteiger partial charge in [0.05, 0.1) is 0 Å². The van der Waals surface area contributed by atoms with E-state index in [0.717, 1.165) is 5.02 Å². The van der Waals surface area contributed by atoms with Gasteiger partial charge in [0.2, 0.25) is 0 Å². The topological polar surface area (TPSA) is 0 Å². The van der Waals surface area contributed by atoms with E-state index in [9.17, 15) is 0 Å². The zero-order valence-electron chi connectivity index (χ0n) is 9.69. The molecule has 0 spiro atoms. The van der Waals surface area contributed by atoms with E-state index in [1.54, 1.807) is 0 Å². The van der Waals surface area contributed by atoms with Gasteiger partial charge in [0.25, 0.3) is 0 Å². The maximum absolute atomic E-state index is 6.23. The molecule has 0 saturated carbocycles. The van der Waals surface area contributed by atoms with Gasteiger partial charge in [-0.1, -0.05) is 51.4 Å². The van der Waals surface area contributed by atoms with Crippen LogP contribution in [0.2, 0.25) is 5.02 Å². The molecule has 1 atom stereocenters. The van der Waals surface area contributed by atoms with E-state index in [0.29, 0.717) is 5.92 Å². The molecule has 0 N–H and O–H groups in total. The highest BCUT2D eigenvalue weighted by Gasteiger charge is 2.23. The first-order chi connectivity index (χ1) is 6.32. The summed E-state index contributed by atoms with van der Waals surface area (Å²) >= 11 is 6.23. The van der Waals surface area contributed by atoms with Crippen molar-refractivity contribution >= 4 is 11.6 Å². The van der Waals surface area contributed by atoms with Gasteiger partial charge in [-0.15, -0.1) is 0 Å². The van der Waals surface area contributed by atoms with Gasteiger partial charge >= 0.3 is 0 Å². The van der Waals surface area contributed by atoms with Crippen molar-refractivity contribution in [1.82, 2.24) is 0 Å². The monoisotopic (exact) mass is 210 g/mol. The first-order valence-electron chi connectivity index (χ1n) is 5.08. The van der Waals surface area contributed by atoms with Crippen molar-refractivity contribution in [1.29, 1.82) is 0 Å². The fourth-order valence-electron chi connectivity index (χ4n) is 1.45. The molecule has 0 heterocycles. The van der Waals surface area contributed by atoms with Crippen LogP contribution in [0.25, 0.3) is 0 Å². The Balaban J connectivity index is 3.08. The highest BCUT2D eigenvalue weighted by molar-refractivity contribution is 6.31. The molecule has 78 valence electrons. The molecular formula is C13H19Cl. The number of rotatable bonds is 1. The van der Waals surface area contributed by atoms with Crippen molar-refractivity contribution < 1.29 is 0 Å². The molecular weight excluding hydrogens is 192 g/mol. The van der Waals surface area contributed by atoms with Gasteiger partial charge in [-0.05, 0) is 35.4 Å². The lowest BCUT2D eigenvalue weighted by Crippen LogP contribution is -2.15. The fourth-order valence-corrected chi connectivity index (χ4v) is 1.85. The lowest BCUT2D eigenvalue weighted by atomic mass is 9.78. The number of halogens is 1. The van der Waals surface area contributed by atoms with Crippen LogP contribution >= 0.6 is 11.6 Å². The molecule has 0 aliphatic rings. The standard InChI is InChI=1S/C13H19Cl/c1-9-6-7-11(12(14)8-9)10(2)13(3,4)5/h6-8,10H,1-5H3. The Morgan fingerprint density at radius 3 is 2.21 bits per heavy atom. The van der Waals surface area contributed by atoms with Crippen molar-refractivity contribution in [3.8, 4) is 0 Å². The Hall–Kier alpha value is -0.490. The van der Waals surface area contributed by atoms with E-state index in [4.69, 9.17) is 11.6 Å². The molecule has 0 aliphatic carbocycles. The van der Waals surface area contributed by atoms with Crippen LogP contribution in [0.1, 0.15) is 44.7 Å². The zero-order valence-corrected chi connectivity index (χ0v) is 10.4. The Morgan fingerprint density at radius 1 is 1.21 bits per heavy atom. The summed E-state index contributed by atoms with van der Waals surface area (Å²) in [7, 11) is 0. The van der Waals surface area contributed by atoms with Gasteiger partial charge in [0, 0.05) is 5.02 Å². The lowest BCUT2D eigenvalue weighted by Gasteiger charge is -2.28. The van der Waals surface area contributed by atoms with Crippen molar-refractivity contribution in [3.63, 3.8) is 0 Å². The molecule has 1 unspecified atom stereocenters. The molecule has 0 nitrogen and oxygen atoms in total. The minimum absolute atomic E-state index is 0.263. The minimum Gasteiger partial charge on any atom is -0.0840 e. The van der Waals surface area contributed by atoms with Crippen LogP contribution in [-0.2, 0) is 0 Å². The predicted molar refractivity (Wildman–Crippen MR) is 64.1 cm³/mol. The van der Waals surface area contributed by atoms with Gasteiger partial charge in [-0.3, -0.25) is 0 Å². The Bertz CT molecular complexity index is 320. The summed E-state index contributed by atoms with van der Waals surface area (Å²) in [4.78, 5) is 0. The van der Waals surface area contributed by atoms with Gasteiger partial charge in [-0.25, -0.2) is 0 Å². The van der Waals surface area contributed by atoms with E-state index >= 15 is 0 Å². The lowest BCUT2D eigenvalue weighted by molar-refractivity contribution is 0.339. The average Bonchev–Trinajstić information content (AvgIpc) is 2.01. The molecule has 0 amide bonds. The quantitative estimate of drug-likeness (QED) is 0.625. The van der Waals surface area contributed by atoms with Crippen molar-refractivity contribution in [3.05, 3.63) is 34.3 Å². The first kappa shape index (κ1) is 11.6. The predicted octanol–water partition coefficient (Wildman–Crippen LogP) is 4.80. The van der Waals surface area contributed by atoms with E-state index in [-0.39, 0.29) is 5.41 Å². The molecule has 0 radical (unpaired) electrons. The number of aryl methyl sites for hydroxylation is 1. The molecule has 0 aromatic heterocycles. The van der Waals surface area contributed by atoms with Crippen molar-refractivity contribution in [2.45, 2.75) is 40.5 Å². The maximum Gasteiger partial charge on any atom is 0.0443 e. The van der Waals surface area contributed by atoms with Crippen LogP contribution in [0.5, 0.6) is 0 Å². The van der Waals surface area contributed by atoms with E-state index in [2.05, 4.69) is 46.8 Å². The second-order valence-electron chi connectivity index (χ2n) is 5.11.